The number of hydrogen-bond donors (Lipinski definition) is 2. The SMILES string of the molecule is [B]C1([B])CCN(C2CCNCC2)CCN1c1cccc(C(=O)Nc2ccncc2)n1. The first-order valence-electron chi connectivity index (χ1n) is 10.5. The predicted molar refractivity (Wildman–Crippen MR) is 120 cm³/mol. The summed E-state index contributed by atoms with van der Waals surface area (Å²) in [6, 6.07) is 9.39. The summed E-state index contributed by atoms with van der Waals surface area (Å²) in [5.41, 5.74) is 0.987. The Balaban J connectivity index is 1.49. The molecule has 152 valence electrons. The normalized spacial score (nSPS) is 20.5. The van der Waals surface area contributed by atoms with E-state index in [9.17, 15) is 4.79 Å². The van der Waals surface area contributed by atoms with Gasteiger partial charge in [-0.05, 0) is 68.5 Å². The molecule has 0 spiro atoms. The van der Waals surface area contributed by atoms with E-state index in [1.54, 1.807) is 30.6 Å². The molecule has 2 saturated heterocycles. The van der Waals surface area contributed by atoms with Crippen molar-refractivity contribution in [2.75, 3.05) is 42.9 Å². The van der Waals surface area contributed by atoms with Gasteiger partial charge in [-0.1, -0.05) is 6.07 Å². The molecule has 4 rings (SSSR count). The van der Waals surface area contributed by atoms with Crippen molar-refractivity contribution in [2.24, 2.45) is 0 Å². The lowest BCUT2D eigenvalue weighted by molar-refractivity contribution is 0.102. The van der Waals surface area contributed by atoms with E-state index in [1.807, 2.05) is 17.0 Å². The smallest absolute Gasteiger partial charge is 0.274 e. The summed E-state index contributed by atoms with van der Waals surface area (Å²) in [5.74, 6) is 0.336. The third kappa shape index (κ3) is 4.84. The van der Waals surface area contributed by atoms with E-state index in [-0.39, 0.29) is 5.91 Å². The zero-order valence-electron chi connectivity index (χ0n) is 17.1. The summed E-state index contributed by atoms with van der Waals surface area (Å²) in [6.45, 7) is 4.50. The molecule has 2 aliphatic rings. The summed E-state index contributed by atoms with van der Waals surface area (Å²) in [4.78, 5) is 25.6. The van der Waals surface area contributed by atoms with Gasteiger partial charge in [0.05, 0.1) is 15.7 Å². The maximum absolute atomic E-state index is 12.6. The number of aromatic nitrogens is 2. The fraction of sp³-hybridized carbons (Fsp3) is 0.476. The monoisotopic (exact) mass is 400 g/mol. The van der Waals surface area contributed by atoms with Crippen LogP contribution in [-0.4, -0.2) is 80.6 Å². The van der Waals surface area contributed by atoms with Crippen molar-refractivity contribution in [3.63, 3.8) is 0 Å². The highest BCUT2D eigenvalue weighted by atomic mass is 16.1. The average Bonchev–Trinajstić information content (AvgIpc) is 2.93. The van der Waals surface area contributed by atoms with Gasteiger partial charge in [-0.3, -0.25) is 14.7 Å². The first kappa shape index (κ1) is 20.9. The van der Waals surface area contributed by atoms with E-state index in [1.165, 1.54) is 0 Å². The molecule has 0 atom stereocenters. The number of carbonyl (C=O) groups excluding carboxylic acids is 1. The molecule has 1 amide bonds. The standard InChI is InChI=1S/C21H26B2N6O/c22-21(23)8-13-28(17-6-11-25-12-7-17)14-15-29(21)19-3-1-2-18(27-19)20(30)26-16-4-9-24-10-5-16/h1-5,9-10,17,25H,6-8,11-15H2,(H,24,26,30). The number of piperidine rings is 1. The van der Waals surface area contributed by atoms with Crippen molar-refractivity contribution >= 4 is 33.1 Å². The van der Waals surface area contributed by atoms with Gasteiger partial charge in [-0.15, -0.1) is 0 Å². The second-order valence-electron chi connectivity index (χ2n) is 7.98. The Morgan fingerprint density at radius 2 is 1.87 bits per heavy atom. The summed E-state index contributed by atoms with van der Waals surface area (Å²) >= 11 is 0. The Bertz CT molecular complexity index is 860. The van der Waals surface area contributed by atoms with Crippen LogP contribution in [-0.2, 0) is 0 Å². The molecule has 2 aromatic rings. The first-order valence-corrected chi connectivity index (χ1v) is 10.5. The zero-order chi connectivity index (χ0) is 21.0. The minimum atomic E-state index is -1.02. The van der Waals surface area contributed by atoms with E-state index in [0.717, 1.165) is 39.0 Å². The van der Waals surface area contributed by atoms with Crippen LogP contribution in [0.2, 0.25) is 0 Å². The molecule has 30 heavy (non-hydrogen) atoms. The summed E-state index contributed by atoms with van der Waals surface area (Å²) < 4.78 is 0. The second-order valence-corrected chi connectivity index (χ2v) is 7.98. The number of rotatable bonds is 4. The highest BCUT2D eigenvalue weighted by molar-refractivity contribution is 6.41. The fourth-order valence-corrected chi connectivity index (χ4v) is 4.20. The van der Waals surface area contributed by atoms with Gasteiger partial charge in [-0.25, -0.2) is 4.98 Å². The Morgan fingerprint density at radius 1 is 1.10 bits per heavy atom. The Hall–Kier alpha value is -2.38. The molecule has 0 bridgehead atoms. The van der Waals surface area contributed by atoms with Crippen LogP contribution >= 0.6 is 0 Å². The highest BCUT2D eigenvalue weighted by Crippen LogP contribution is 2.26. The summed E-state index contributed by atoms with van der Waals surface area (Å²) in [7, 11) is 13.0. The molecule has 2 aliphatic heterocycles. The first-order chi connectivity index (χ1) is 14.5. The fourth-order valence-electron chi connectivity index (χ4n) is 4.20. The third-order valence-corrected chi connectivity index (χ3v) is 5.92. The van der Waals surface area contributed by atoms with Crippen molar-refractivity contribution < 1.29 is 4.79 Å². The molecule has 4 radical (unpaired) electrons. The summed E-state index contributed by atoms with van der Waals surface area (Å²) in [6.07, 6.45) is 6.17. The molecule has 0 aromatic carbocycles. The third-order valence-electron chi connectivity index (χ3n) is 5.92. The van der Waals surface area contributed by atoms with E-state index >= 15 is 0 Å². The minimum Gasteiger partial charge on any atom is -0.367 e. The Morgan fingerprint density at radius 3 is 2.63 bits per heavy atom. The second kappa shape index (κ2) is 9.18. The lowest BCUT2D eigenvalue weighted by Gasteiger charge is -2.39. The van der Waals surface area contributed by atoms with Crippen molar-refractivity contribution in [3.8, 4) is 0 Å². The molecule has 7 nitrogen and oxygen atoms in total. The van der Waals surface area contributed by atoms with Crippen molar-refractivity contribution in [3.05, 3.63) is 48.4 Å². The number of pyridine rings is 2. The number of anilines is 2. The molecule has 2 fully saturated rings. The van der Waals surface area contributed by atoms with E-state index < -0.39 is 5.34 Å². The maximum atomic E-state index is 12.6. The van der Waals surface area contributed by atoms with Gasteiger partial charge in [0.1, 0.15) is 11.5 Å². The minimum absolute atomic E-state index is 0.283. The van der Waals surface area contributed by atoms with Crippen molar-refractivity contribution in [1.82, 2.24) is 20.2 Å². The van der Waals surface area contributed by atoms with Gasteiger partial charge < -0.3 is 15.5 Å². The van der Waals surface area contributed by atoms with Gasteiger partial charge in [0, 0.05) is 37.2 Å². The van der Waals surface area contributed by atoms with Gasteiger partial charge >= 0.3 is 0 Å². The molecule has 0 aliphatic carbocycles. The average molecular weight is 400 g/mol. The van der Waals surface area contributed by atoms with Crippen LogP contribution in [0.3, 0.4) is 0 Å². The zero-order valence-corrected chi connectivity index (χ0v) is 17.1. The quantitative estimate of drug-likeness (QED) is 0.746. The highest BCUT2D eigenvalue weighted by Gasteiger charge is 2.33. The lowest BCUT2D eigenvalue weighted by Crippen LogP contribution is -2.51. The molecule has 0 saturated carbocycles. The van der Waals surface area contributed by atoms with Crippen molar-refractivity contribution in [1.29, 1.82) is 0 Å². The van der Waals surface area contributed by atoms with Gasteiger partial charge in [0.15, 0.2) is 0 Å². The van der Waals surface area contributed by atoms with E-state index in [0.29, 0.717) is 36.2 Å². The van der Waals surface area contributed by atoms with Gasteiger partial charge in [0.2, 0.25) is 0 Å². The van der Waals surface area contributed by atoms with Crippen LogP contribution in [0, 0.1) is 0 Å². The number of amides is 1. The Kier molecular flexibility index (Phi) is 6.39. The summed E-state index contributed by atoms with van der Waals surface area (Å²) in [5, 5.41) is 5.23. The molecular weight excluding hydrogens is 374 g/mol. The largest absolute Gasteiger partial charge is 0.367 e. The van der Waals surface area contributed by atoms with Crippen LogP contribution in [0.15, 0.2) is 42.7 Å². The van der Waals surface area contributed by atoms with Crippen LogP contribution in [0.4, 0.5) is 11.5 Å². The topological polar surface area (TPSA) is 73.4 Å². The number of hydrogen-bond acceptors (Lipinski definition) is 6. The number of nitrogens with zero attached hydrogens (tertiary/aromatic N) is 4. The Labute approximate surface area is 180 Å². The molecule has 0 unspecified atom stereocenters. The van der Waals surface area contributed by atoms with Crippen LogP contribution in [0.1, 0.15) is 29.8 Å². The van der Waals surface area contributed by atoms with Gasteiger partial charge in [-0.2, -0.15) is 0 Å². The molecule has 9 heteroatoms. The molecule has 2 N–H and O–H groups in total. The molecular formula is C21H26B2N6O. The lowest BCUT2D eigenvalue weighted by atomic mass is 9.59. The number of carbonyl (C=O) groups is 1. The van der Waals surface area contributed by atoms with Crippen LogP contribution in [0.5, 0.6) is 0 Å². The predicted octanol–water partition coefficient (Wildman–Crippen LogP) is 0.984. The maximum Gasteiger partial charge on any atom is 0.274 e. The van der Waals surface area contributed by atoms with E-state index in [2.05, 4.69) is 25.5 Å². The molecule has 2 aromatic heterocycles. The van der Waals surface area contributed by atoms with Gasteiger partial charge in [0.25, 0.3) is 5.91 Å². The van der Waals surface area contributed by atoms with Crippen LogP contribution in [0.25, 0.3) is 0 Å². The molecule has 4 heterocycles. The van der Waals surface area contributed by atoms with Crippen molar-refractivity contribution in [2.45, 2.75) is 30.6 Å². The van der Waals surface area contributed by atoms with Crippen LogP contribution < -0.4 is 15.5 Å². The number of nitrogens with one attached hydrogen (secondary N) is 2. The van der Waals surface area contributed by atoms with E-state index in [4.69, 9.17) is 15.7 Å².